The Morgan fingerprint density at radius 3 is 2.71 bits per heavy atom. The van der Waals surface area contributed by atoms with Crippen molar-refractivity contribution >= 4 is 5.97 Å². The molecule has 0 spiro atoms. The van der Waals surface area contributed by atoms with Gasteiger partial charge < -0.3 is 15.2 Å². The van der Waals surface area contributed by atoms with Crippen molar-refractivity contribution in [2.45, 2.75) is 84.5 Å². The lowest BCUT2D eigenvalue weighted by atomic mass is 9.86. The van der Waals surface area contributed by atoms with E-state index in [1.165, 1.54) is 0 Å². The standard InChI is InChI=1S/C17H33NO3/c1-5-11-20-16-8-6-7-15(18)17(19)21-13(4)14(16)10-9-12(2)3/h12-16H,5-11,18H2,1-4H3/t13-,14-,15-,16-/m0/s1. The summed E-state index contributed by atoms with van der Waals surface area (Å²) in [6.45, 7) is 9.34. The van der Waals surface area contributed by atoms with Crippen molar-refractivity contribution in [2.24, 2.45) is 17.6 Å². The number of hydrogen-bond acceptors (Lipinski definition) is 4. The third-order valence-corrected chi connectivity index (χ3v) is 4.30. The molecule has 0 aromatic carbocycles. The summed E-state index contributed by atoms with van der Waals surface area (Å²) in [7, 11) is 0. The van der Waals surface area contributed by atoms with Crippen LogP contribution in [0.3, 0.4) is 0 Å². The van der Waals surface area contributed by atoms with Gasteiger partial charge in [-0.2, -0.15) is 0 Å². The Balaban J connectivity index is 2.79. The van der Waals surface area contributed by atoms with Crippen LogP contribution in [0.25, 0.3) is 0 Å². The molecule has 0 radical (unpaired) electrons. The topological polar surface area (TPSA) is 61.5 Å². The quantitative estimate of drug-likeness (QED) is 0.765. The molecule has 0 aliphatic carbocycles. The molecule has 0 unspecified atom stereocenters. The lowest BCUT2D eigenvalue weighted by Gasteiger charge is -2.31. The summed E-state index contributed by atoms with van der Waals surface area (Å²) in [5.74, 6) is 0.663. The van der Waals surface area contributed by atoms with Crippen molar-refractivity contribution < 1.29 is 14.3 Å². The number of ether oxygens (including phenoxy) is 2. The van der Waals surface area contributed by atoms with Gasteiger partial charge in [0.2, 0.25) is 0 Å². The maximum absolute atomic E-state index is 11.9. The van der Waals surface area contributed by atoms with E-state index in [9.17, 15) is 4.79 Å². The van der Waals surface area contributed by atoms with Crippen molar-refractivity contribution in [3.05, 3.63) is 0 Å². The molecule has 4 heteroatoms. The second-order valence-electron chi connectivity index (χ2n) is 6.72. The fraction of sp³-hybridized carbons (Fsp3) is 0.941. The van der Waals surface area contributed by atoms with Gasteiger partial charge in [-0.15, -0.1) is 0 Å². The molecule has 1 fully saturated rings. The van der Waals surface area contributed by atoms with Gasteiger partial charge in [0, 0.05) is 12.5 Å². The first-order chi connectivity index (χ1) is 9.95. The molecular weight excluding hydrogens is 266 g/mol. The van der Waals surface area contributed by atoms with Crippen LogP contribution in [0, 0.1) is 11.8 Å². The molecule has 0 aromatic rings. The molecule has 1 aliphatic rings. The average molecular weight is 299 g/mol. The molecular formula is C17H33NO3. The summed E-state index contributed by atoms with van der Waals surface area (Å²) in [5, 5.41) is 0. The fourth-order valence-electron chi connectivity index (χ4n) is 2.95. The third kappa shape index (κ3) is 6.35. The summed E-state index contributed by atoms with van der Waals surface area (Å²) in [6.07, 6.45) is 5.82. The molecule has 0 saturated carbocycles. The zero-order chi connectivity index (χ0) is 15.8. The highest BCUT2D eigenvalue weighted by atomic mass is 16.5. The number of carbonyl (C=O) groups excluding carboxylic acids is 1. The molecule has 0 bridgehead atoms. The smallest absolute Gasteiger partial charge is 0.323 e. The van der Waals surface area contributed by atoms with Gasteiger partial charge in [0.05, 0.1) is 6.10 Å². The van der Waals surface area contributed by atoms with Gasteiger partial charge in [-0.3, -0.25) is 4.79 Å². The molecule has 4 nitrogen and oxygen atoms in total. The van der Waals surface area contributed by atoms with Crippen LogP contribution in [0.4, 0.5) is 0 Å². The Hall–Kier alpha value is -0.610. The van der Waals surface area contributed by atoms with Crippen molar-refractivity contribution in [2.75, 3.05) is 6.61 Å². The van der Waals surface area contributed by atoms with E-state index in [1.54, 1.807) is 0 Å². The van der Waals surface area contributed by atoms with Crippen molar-refractivity contribution in [3.8, 4) is 0 Å². The number of rotatable bonds is 6. The highest BCUT2D eigenvalue weighted by molar-refractivity contribution is 5.75. The van der Waals surface area contributed by atoms with Crippen molar-refractivity contribution in [3.63, 3.8) is 0 Å². The van der Waals surface area contributed by atoms with Crippen LogP contribution in [0.2, 0.25) is 0 Å². The normalized spacial score (nSPS) is 31.4. The molecule has 1 aliphatic heterocycles. The van der Waals surface area contributed by atoms with Gasteiger partial charge >= 0.3 is 5.97 Å². The maximum atomic E-state index is 11.9. The summed E-state index contributed by atoms with van der Waals surface area (Å²) >= 11 is 0. The van der Waals surface area contributed by atoms with Crippen LogP contribution in [0.1, 0.15) is 66.2 Å². The molecule has 124 valence electrons. The molecule has 1 saturated heterocycles. The largest absolute Gasteiger partial charge is 0.461 e. The third-order valence-electron chi connectivity index (χ3n) is 4.30. The van der Waals surface area contributed by atoms with Crippen LogP contribution in [-0.2, 0) is 14.3 Å². The van der Waals surface area contributed by atoms with E-state index in [1.807, 2.05) is 6.92 Å². The Kier molecular flexibility index (Phi) is 8.27. The van der Waals surface area contributed by atoms with Crippen LogP contribution in [-0.4, -0.2) is 30.8 Å². The van der Waals surface area contributed by atoms with Gasteiger partial charge in [-0.1, -0.05) is 27.2 Å². The van der Waals surface area contributed by atoms with Gasteiger partial charge in [-0.25, -0.2) is 0 Å². The molecule has 2 N–H and O–H groups in total. The minimum Gasteiger partial charge on any atom is -0.461 e. The first-order valence-electron chi connectivity index (χ1n) is 8.53. The zero-order valence-corrected chi connectivity index (χ0v) is 14.1. The van der Waals surface area contributed by atoms with E-state index in [0.717, 1.165) is 38.7 Å². The maximum Gasteiger partial charge on any atom is 0.323 e. The van der Waals surface area contributed by atoms with Crippen LogP contribution in [0.15, 0.2) is 0 Å². The van der Waals surface area contributed by atoms with E-state index in [-0.39, 0.29) is 24.1 Å². The molecule has 0 aromatic heterocycles. The highest BCUT2D eigenvalue weighted by Crippen LogP contribution is 2.28. The van der Waals surface area contributed by atoms with E-state index in [4.69, 9.17) is 15.2 Å². The minimum atomic E-state index is -0.483. The molecule has 21 heavy (non-hydrogen) atoms. The zero-order valence-electron chi connectivity index (χ0n) is 14.1. The number of nitrogens with two attached hydrogens (primary N) is 1. The monoisotopic (exact) mass is 299 g/mol. The van der Waals surface area contributed by atoms with Crippen LogP contribution < -0.4 is 5.73 Å². The Bertz CT molecular complexity index is 306. The number of esters is 1. The summed E-state index contributed by atoms with van der Waals surface area (Å²) in [5.41, 5.74) is 5.88. The summed E-state index contributed by atoms with van der Waals surface area (Å²) in [6, 6.07) is -0.483. The fourth-order valence-corrected chi connectivity index (χ4v) is 2.95. The summed E-state index contributed by atoms with van der Waals surface area (Å²) < 4.78 is 11.7. The Morgan fingerprint density at radius 2 is 2.10 bits per heavy atom. The van der Waals surface area contributed by atoms with Crippen molar-refractivity contribution in [1.29, 1.82) is 0 Å². The van der Waals surface area contributed by atoms with Crippen LogP contribution in [0.5, 0.6) is 0 Å². The number of cyclic esters (lactones) is 1. The summed E-state index contributed by atoms with van der Waals surface area (Å²) in [4.78, 5) is 11.9. The number of hydrogen-bond donors (Lipinski definition) is 1. The van der Waals surface area contributed by atoms with E-state index >= 15 is 0 Å². The minimum absolute atomic E-state index is 0.123. The van der Waals surface area contributed by atoms with Gasteiger partial charge in [0.15, 0.2) is 0 Å². The van der Waals surface area contributed by atoms with E-state index in [0.29, 0.717) is 12.3 Å². The van der Waals surface area contributed by atoms with Crippen LogP contribution >= 0.6 is 0 Å². The lowest BCUT2D eigenvalue weighted by Crippen LogP contribution is -2.38. The van der Waals surface area contributed by atoms with E-state index in [2.05, 4.69) is 20.8 Å². The van der Waals surface area contributed by atoms with Gasteiger partial charge in [0.1, 0.15) is 12.1 Å². The first kappa shape index (κ1) is 18.4. The molecule has 4 atom stereocenters. The molecule has 1 rings (SSSR count). The average Bonchev–Trinajstić information content (AvgIpc) is 2.46. The Labute approximate surface area is 129 Å². The predicted molar refractivity (Wildman–Crippen MR) is 85.0 cm³/mol. The van der Waals surface area contributed by atoms with E-state index < -0.39 is 6.04 Å². The SMILES string of the molecule is CCCO[C@H]1CCC[C@H](N)C(=O)O[C@@H](C)[C@@H]1CCC(C)C. The van der Waals surface area contributed by atoms with Gasteiger partial charge in [-0.05, 0) is 44.9 Å². The molecule has 1 heterocycles. The number of carbonyl (C=O) groups is 1. The van der Waals surface area contributed by atoms with Gasteiger partial charge in [0.25, 0.3) is 0 Å². The first-order valence-corrected chi connectivity index (χ1v) is 8.53. The predicted octanol–water partition coefficient (Wildman–Crippen LogP) is 3.28. The lowest BCUT2D eigenvalue weighted by molar-refractivity contribution is -0.155. The molecule has 0 amide bonds. The Morgan fingerprint density at radius 1 is 1.38 bits per heavy atom. The highest BCUT2D eigenvalue weighted by Gasteiger charge is 2.32. The second-order valence-corrected chi connectivity index (χ2v) is 6.72. The second kappa shape index (κ2) is 9.42. The van der Waals surface area contributed by atoms with Crippen molar-refractivity contribution in [1.82, 2.24) is 0 Å².